The summed E-state index contributed by atoms with van der Waals surface area (Å²) in [6, 6.07) is 12.5. The van der Waals surface area contributed by atoms with Crippen molar-refractivity contribution in [3.63, 3.8) is 0 Å². The first-order valence-electron chi connectivity index (χ1n) is 9.11. The third-order valence-electron chi connectivity index (χ3n) is 4.87. The molecule has 2 aromatic rings. The number of carbonyl (C=O) groups is 2. The Morgan fingerprint density at radius 3 is 2.33 bits per heavy atom. The molecule has 3 rings (SSSR count). The fourth-order valence-electron chi connectivity index (χ4n) is 3.37. The zero-order valence-corrected chi connectivity index (χ0v) is 16.3. The van der Waals surface area contributed by atoms with E-state index in [1.54, 1.807) is 24.3 Å². The number of nitrogen functional groups attached to an aromatic ring is 1. The molecular formula is C21H26ClN3O2. The van der Waals surface area contributed by atoms with Crippen LogP contribution in [0.2, 0.25) is 0 Å². The molecule has 0 aliphatic heterocycles. The van der Waals surface area contributed by atoms with Gasteiger partial charge in [0, 0.05) is 28.5 Å². The van der Waals surface area contributed by atoms with Crippen LogP contribution in [0, 0.1) is 12.8 Å². The molecule has 2 amide bonds. The summed E-state index contributed by atoms with van der Waals surface area (Å²) in [7, 11) is 0. The number of benzene rings is 2. The van der Waals surface area contributed by atoms with E-state index >= 15 is 0 Å². The van der Waals surface area contributed by atoms with Gasteiger partial charge in [-0.05, 0) is 55.7 Å². The molecule has 0 spiro atoms. The summed E-state index contributed by atoms with van der Waals surface area (Å²) in [5, 5.41) is 5.85. The second-order valence-electron chi connectivity index (χ2n) is 6.93. The van der Waals surface area contributed by atoms with Gasteiger partial charge in [0.1, 0.15) is 0 Å². The van der Waals surface area contributed by atoms with E-state index in [0.29, 0.717) is 22.6 Å². The molecule has 0 unspecified atom stereocenters. The van der Waals surface area contributed by atoms with Crippen molar-refractivity contribution in [3.8, 4) is 0 Å². The SMILES string of the molecule is Cc1ccc(N)cc1C(=O)Nc1cccc(NC(=O)C2CCCCC2)c1.Cl. The Morgan fingerprint density at radius 1 is 0.963 bits per heavy atom. The first kappa shape index (κ1) is 20.8. The third kappa shape index (κ3) is 5.47. The number of nitrogens with two attached hydrogens (primary N) is 1. The minimum absolute atomic E-state index is 0. The summed E-state index contributed by atoms with van der Waals surface area (Å²) in [6.45, 7) is 1.87. The fraction of sp³-hybridized carbons (Fsp3) is 0.333. The lowest BCUT2D eigenvalue weighted by Crippen LogP contribution is -2.24. The fourth-order valence-corrected chi connectivity index (χ4v) is 3.37. The molecule has 1 aliphatic carbocycles. The third-order valence-corrected chi connectivity index (χ3v) is 4.87. The molecule has 4 N–H and O–H groups in total. The molecule has 0 saturated heterocycles. The van der Waals surface area contributed by atoms with Gasteiger partial charge in [0.2, 0.25) is 5.91 Å². The molecule has 144 valence electrons. The Bertz CT molecular complexity index is 817. The zero-order valence-electron chi connectivity index (χ0n) is 15.5. The van der Waals surface area contributed by atoms with Gasteiger partial charge in [-0.3, -0.25) is 9.59 Å². The van der Waals surface area contributed by atoms with Crippen LogP contribution in [0.4, 0.5) is 17.1 Å². The standard InChI is InChI=1S/C21H25N3O2.ClH/c1-14-10-11-16(22)12-19(14)21(26)24-18-9-5-8-17(13-18)23-20(25)15-6-3-2-4-7-15;/h5,8-13,15H,2-4,6-7,22H2,1H3,(H,23,25)(H,24,26);1H. The van der Waals surface area contributed by atoms with Gasteiger partial charge in [-0.2, -0.15) is 0 Å². The van der Waals surface area contributed by atoms with Crippen molar-refractivity contribution < 1.29 is 9.59 Å². The summed E-state index contributed by atoms with van der Waals surface area (Å²) in [5.41, 5.74) is 9.07. The summed E-state index contributed by atoms with van der Waals surface area (Å²) in [4.78, 5) is 24.9. The Labute approximate surface area is 166 Å². The van der Waals surface area contributed by atoms with Crippen LogP contribution in [0.1, 0.15) is 48.0 Å². The smallest absolute Gasteiger partial charge is 0.256 e. The second kappa shape index (κ2) is 9.42. The van der Waals surface area contributed by atoms with Gasteiger partial charge < -0.3 is 16.4 Å². The topological polar surface area (TPSA) is 84.2 Å². The zero-order chi connectivity index (χ0) is 18.5. The number of aryl methyl sites for hydroxylation is 1. The van der Waals surface area contributed by atoms with Gasteiger partial charge >= 0.3 is 0 Å². The number of hydrogen-bond acceptors (Lipinski definition) is 3. The molecule has 0 atom stereocenters. The van der Waals surface area contributed by atoms with E-state index in [2.05, 4.69) is 10.6 Å². The van der Waals surface area contributed by atoms with Crippen LogP contribution < -0.4 is 16.4 Å². The lowest BCUT2D eigenvalue weighted by Gasteiger charge is -2.20. The van der Waals surface area contributed by atoms with Crippen molar-refractivity contribution in [3.05, 3.63) is 53.6 Å². The lowest BCUT2D eigenvalue weighted by atomic mass is 9.88. The van der Waals surface area contributed by atoms with E-state index in [1.807, 2.05) is 25.1 Å². The number of halogens is 1. The molecule has 2 aromatic carbocycles. The molecular weight excluding hydrogens is 362 g/mol. The van der Waals surface area contributed by atoms with Crippen LogP contribution in [0.5, 0.6) is 0 Å². The summed E-state index contributed by atoms with van der Waals surface area (Å²) in [6.07, 6.45) is 5.37. The highest BCUT2D eigenvalue weighted by Gasteiger charge is 2.21. The van der Waals surface area contributed by atoms with E-state index in [1.165, 1.54) is 6.42 Å². The van der Waals surface area contributed by atoms with Crippen molar-refractivity contribution in [1.29, 1.82) is 0 Å². The lowest BCUT2D eigenvalue weighted by molar-refractivity contribution is -0.120. The molecule has 6 heteroatoms. The van der Waals surface area contributed by atoms with Crippen LogP contribution in [-0.4, -0.2) is 11.8 Å². The van der Waals surface area contributed by atoms with Gasteiger partial charge in [-0.1, -0.05) is 31.4 Å². The Morgan fingerprint density at radius 2 is 1.63 bits per heavy atom. The van der Waals surface area contributed by atoms with E-state index in [4.69, 9.17) is 5.73 Å². The van der Waals surface area contributed by atoms with Crippen molar-refractivity contribution in [2.75, 3.05) is 16.4 Å². The van der Waals surface area contributed by atoms with E-state index in [0.717, 1.165) is 31.2 Å². The molecule has 0 aromatic heterocycles. The molecule has 1 saturated carbocycles. The summed E-state index contributed by atoms with van der Waals surface area (Å²) >= 11 is 0. The van der Waals surface area contributed by atoms with Crippen LogP contribution in [-0.2, 0) is 4.79 Å². The van der Waals surface area contributed by atoms with Crippen LogP contribution in [0.25, 0.3) is 0 Å². The predicted octanol–water partition coefficient (Wildman–Crippen LogP) is 4.77. The maximum Gasteiger partial charge on any atom is 0.256 e. The maximum atomic E-state index is 12.5. The molecule has 5 nitrogen and oxygen atoms in total. The molecule has 1 aliphatic rings. The number of hydrogen-bond donors (Lipinski definition) is 3. The number of carbonyl (C=O) groups excluding carboxylic acids is 2. The molecule has 0 bridgehead atoms. The van der Waals surface area contributed by atoms with Crippen molar-refractivity contribution in [2.24, 2.45) is 5.92 Å². The molecule has 27 heavy (non-hydrogen) atoms. The predicted molar refractivity (Wildman–Crippen MR) is 112 cm³/mol. The highest BCUT2D eigenvalue weighted by atomic mass is 35.5. The van der Waals surface area contributed by atoms with E-state index < -0.39 is 0 Å². The molecule has 0 heterocycles. The van der Waals surface area contributed by atoms with Crippen molar-refractivity contribution in [2.45, 2.75) is 39.0 Å². The van der Waals surface area contributed by atoms with Gasteiger partial charge in [0.25, 0.3) is 5.91 Å². The van der Waals surface area contributed by atoms with Gasteiger partial charge in [0.15, 0.2) is 0 Å². The number of rotatable bonds is 4. The average molecular weight is 388 g/mol. The first-order chi connectivity index (χ1) is 12.5. The summed E-state index contributed by atoms with van der Waals surface area (Å²) in [5.74, 6) is -0.0534. The maximum absolute atomic E-state index is 12.5. The van der Waals surface area contributed by atoms with E-state index in [9.17, 15) is 9.59 Å². The van der Waals surface area contributed by atoms with Gasteiger partial charge in [0.05, 0.1) is 0 Å². The Hall–Kier alpha value is -2.53. The largest absolute Gasteiger partial charge is 0.399 e. The molecule has 0 radical (unpaired) electrons. The Balaban J connectivity index is 0.00000261. The first-order valence-corrected chi connectivity index (χ1v) is 9.11. The second-order valence-corrected chi connectivity index (χ2v) is 6.93. The van der Waals surface area contributed by atoms with Crippen LogP contribution >= 0.6 is 12.4 Å². The normalized spacial score (nSPS) is 14.1. The minimum atomic E-state index is -0.217. The van der Waals surface area contributed by atoms with Crippen LogP contribution in [0.15, 0.2) is 42.5 Å². The summed E-state index contributed by atoms with van der Waals surface area (Å²) < 4.78 is 0. The van der Waals surface area contributed by atoms with Gasteiger partial charge in [-0.15, -0.1) is 12.4 Å². The number of anilines is 3. The number of nitrogens with one attached hydrogen (secondary N) is 2. The van der Waals surface area contributed by atoms with Crippen molar-refractivity contribution in [1.82, 2.24) is 0 Å². The Kier molecular flexibility index (Phi) is 7.25. The highest BCUT2D eigenvalue weighted by molar-refractivity contribution is 6.06. The quantitative estimate of drug-likeness (QED) is 0.660. The van der Waals surface area contributed by atoms with Crippen LogP contribution in [0.3, 0.4) is 0 Å². The monoisotopic (exact) mass is 387 g/mol. The van der Waals surface area contributed by atoms with Crippen molar-refractivity contribution >= 4 is 41.3 Å². The van der Waals surface area contributed by atoms with Gasteiger partial charge in [-0.25, -0.2) is 0 Å². The highest BCUT2D eigenvalue weighted by Crippen LogP contribution is 2.25. The minimum Gasteiger partial charge on any atom is -0.399 e. The molecule has 1 fully saturated rings. The average Bonchev–Trinajstić information content (AvgIpc) is 2.64. The number of amides is 2. The van der Waals surface area contributed by atoms with E-state index in [-0.39, 0.29) is 30.1 Å².